The van der Waals surface area contributed by atoms with Gasteiger partial charge >= 0.3 is 0 Å². The molecule has 6 N–H and O–H groups in total. The van der Waals surface area contributed by atoms with Gasteiger partial charge in [0.05, 0.1) is 26.4 Å². The minimum Gasteiger partial charge on any atom is -0.388 e. The SMILES string of the molecule is CCCCCC/C=C\CCCCCCCCCCCCCCCCOC[C@H](COC1OCC(O)C(O)C1O)OC1OCC(O)C(O)C1O. The molecule has 284 valence electrons. The third-order valence-electron chi connectivity index (χ3n) is 9.29. The van der Waals surface area contributed by atoms with Crippen molar-refractivity contribution < 1.29 is 54.3 Å². The van der Waals surface area contributed by atoms with E-state index < -0.39 is 55.3 Å². The molecule has 0 bridgehead atoms. The fraction of sp³-hybridized carbons (Fsp3) is 0.946. The third-order valence-corrected chi connectivity index (χ3v) is 9.29. The lowest BCUT2D eigenvalue weighted by Gasteiger charge is -2.38. The van der Waals surface area contributed by atoms with Crippen LogP contribution in [0.4, 0.5) is 0 Å². The first-order valence-electron chi connectivity index (χ1n) is 19.2. The maximum absolute atomic E-state index is 10.3. The van der Waals surface area contributed by atoms with Gasteiger partial charge in [-0.15, -0.1) is 0 Å². The molecular weight excluding hydrogens is 620 g/mol. The Morgan fingerprint density at radius 2 is 0.979 bits per heavy atom. The van der Waals surface area contributed by atoms with Crippen LogP contribution in [0.2, 0.25) is 0 Å². The average Bonchev–Trinajstić information content (AvgIpc) is 3.08. The second-order valence-corrected chi connectivity index (χ2v) is 13.7. The molecule has 48 heavy (non-hydrogen) atoms. The molecule has 11 heteroatoms. The Morgan fingerprint density at radius 3 is 1.50 bits per heavy atom. The summed E-state index contributed by atoms with van der Waals surface area (Å²) in [7, 11) is 0. The van der Waals surface area contributed by atoms with Crippen molar-refractivity contribution in [3.8, 4) is 0 Å². The van der Waals surface area contributed by atoms with E-state index in [0.717, 1.165) is 19.3 Å². The van der Waals surface area contributed by atoms with Gasteiger partial charge in [-0.25, -0.2) is 0 Å². The molecule has 0 aliphatic carbocycles. The summed E-state index contributed by atoms with van der Waals surface area (Å²) in [5.74, 6) is 0. The van der Waals surface area contributed by atoms with E-state index in [1.807, 2.05) is 0 Å². The van der Waals surface area contributed by atoms with Crippen LogP contribution in [-0.4, -0.2) is 119 Å². The van der Waals surface area contributed by atoms with Crippen LogP contribution in [0.3, 0.4) is 0 Å². The molecule has 0 aromatic heterocycles. The van der Waals surface area contributed by atoms with Crippen LogP contribution < -0.4 is 0 Å². The van der Waals surface area contributed by atoms with Gasteiger partial charge in [-0.2, -0.15) is 0 Å². The van der Waals surface area contributed by atoms with Crippen LogP contribution in [0.1, 0.15) is 135 Å². The number of ether oxygens (including phenoxy) is 5. The number of aliphatic hydroxyl groups excluding tert-OH is 6. The standard InChI is InChI=1S/C37H70O11/c1-2-3-4-5-6-7-8-9-10-11-12-13-14-15-16-17-18-19-20-21-22-23-24-44-25-29(48-37-35(43)33(41)31(39)28-47-37)26-45-36-34(42)32(40)30(38)27-46-36/h7-8,29-43H,2-6,9-28H2,1H3/b8-7-/t29-,30?,31?,32?,33?,34?,35?,36?,37?/m1/s1. The first-order valence-corrected chi connectivity index (χ1v) is 19.2. The van der Waals surface area contributed by atoms with Crippen LogP contribution in [0.5, 0.6) is 0 Å². The van der Waals surface area contributed by atoms with Gasteiger partial charge in [0.1, 0.15) is 42.7 Å². The zero-order chi connectivity index (χ0) is 34.8. The minimum atomic E-state index is -1.47. The molecule has 9 atom stereocenters. The molecule has 0 aromatic rings. The molecule has 0 aromatic carbocycles. The molecule has 2 rings (SSSR count). The maximum atomic E-state index is 10.3. The van der Waals surface area contributed by atoms with Crippen molar-refractivity contribution in [3.63, 3.8) is 0 Å². The predicted molar refractivity (Wildman–Crippen MR) is 184 cm³/mol. The van der Waals surface area contributed by atoms with E-state index in [-0.39, 0.29) is 26.4 Å². The van der Waals surface area contributed by atoms with Crippen LogP contribution in [-0.2, 0) is 23.7 Å². The van der Waals surface area contributed by atoms with Crippen molar-refractivity contribution in [3.05, 3.63) is 12.2 Å². The molecular formula is C37H70O11. The molecule has 2 heterocycles. The number of hydrogen-bond donors (Lipinski definition) is 6. The van der Waals surface area contributed by atoms with E-state index in [1.165, 1.54) is 109 Å². The summed E-state index contributed by atoms with van der Waals surface area (Å²) in [6.07, 6.45) is 19.1. The molecule has 8 unspecified atom stereocenters. The Bertz CT molecular complexity index is 772. The monoisotopic (exact) mass is 690 g/mol. The van der Waals surface area contributed by atoms with E-state index in [1.54, 1.807) is 0 Å². The zero-order valence-electron chi connectivity index (χ0n) is 29.8. The number of aliphatic hydroxyl groups is 6. The lowest BCUT2D eigenvalue weighted by molar-refractivity contribution is -0.305. The Hall–Kier alpha value is -0.700. The fourth-order valence-electron chi connectivity index (χ4n) is 6.07. The number of allylic oxidation sites excluding steroid dienone is 2. The van der Waals surface area contributed by atoms with Crippen molar-refractivity contribution in [1.29, 1.82) is 0 Å². The summed E-state index contributed by atoms with van der Waals surface area (Å²) in [5.41, 5.74) is 0. The molecule has 2 fully saturated rings. The van der Waals surface area contributed by atoms with Crippen LogP contribution in [0.25, 0.3) is 0 Å². The smallest absolute Gasteiger partial charge is 0.186 e. The summed E-state index contributed by atoms with van der Waals surface area (Å²) in [4.78, 5) is 0. The first kappa shape index (κ1) is 43.5. The molecule has 2 aliphatic heterocycles. The molecule has 0 saturated carbocycles. The van der Waals surface area contributed by atoms with Crippen molar-refractivity contribution in [2.45, 2.75) is 191 Å². The van der Waals surface area contributed by atoms with Crippen molar-refractivity contribution in [2.75, 3.05) is 33.0 Å². The van der Waals surface area contributed by atoms with Gasteiger partial charge < -0.3 is 54.3 Å². The molecule has 2 aliphatic rings. The Balaban J connectivity index is 1.46. The van der Waals surface area contributed by atoms with Crippen LogP contribution >= 0.6 is 0 Å². The van der Waals surface area contributed by atoms with Gasteiger partial charge in [-0.1, -0.05) is 115 Å². The van der Waals surface area contributed by atoms with Gasteiger partial charge in [0.2, 0.25) is 0 Å². The van der Waals surface area contributed by atoms with Gasteiger partial charge in [0, 0.05) is 6.61 Å². The van der Waals surface area contributed by atoms with E-state index in [9.17, 15) is 30.6 Å². The number of rotatable bonds is 29. The normalized spacial score (nSPS) is 28.7. The van der Waals surface area contributed by atoms with Gasteiger partial charge in [0.25, 0.3) is 0 Å². The summed E-state index contributed by atoms with van der Waals surface area (Å²) < 4.78 is 27.9. The minimum absolute atomic E-state index is 0.0931. The summed E-state index contributed by atoms with van der Waals surface area (Å²) in [6, 6.07) is 0. The summed E-state index contributed by atoms with van der Waals surface area (Å²) >= 11 is 0. The first-order chi connectivity index (χ1) is 23.3. The highest BCUT2D eigenvalue weighted by Crippen LogP contribution is 2.21. The molecule has 11 nitrogen and oxygen atoms in total. The second-order valence-electron chi connectivity index (χ2n) is 13.7. The van der Waals surface area contributed by atoms with Gasteiger partial charge in [0.15, 0.2) is 12.6 Å². The Labute approximate surface area is 290 Å². The fourth-order valence-corrected chi connectivity index (χ4v) is 6.07. The quantitative estimate of drug-likeness (QED) is 0.0477. The van der Waals surface area contributed by atoms with Crippen molar-refractivity contribution in [1.82, 2.24) is 0 Å². The molecule has 2 saturated heterocycles. The second kappa shape index (κ2) is 28.0. The highest BCUT2D eigenvalue weighted by Gasteiger charge is 2.41. The maximum Gasteiger partial charge on any atom is 0.186 e. The largest absolute Gasteiger partial charge is 0.388 e. The Kier molecular flexibility index (Phi) is 25.3. The summed E-state index contributed by atoms with van der Waals surface area (Å²) in [6.45, 7) is 2.33. The lowest BCUT2D eigenvalue weighted by Crippen LogP contribution is -2.56. The van der Waals surface area contributed by atoms with Crippen molar-refractivity contribution in [2.24, 2.45) is 0 Å². The highest BCUT2D eigenvalue weighted by atomic mass is 16.7. The van der Waals surface area contributed by atoms with Crippen molar-refractivity contribution >= 4 is 0 Å². The molecule has 0 spiro atoms. The van der Waals surface area contributed by atoms with E-state index >= 15 is 0 Å². The number of hydrogen-bond acceptors (Lipinski definition) is 11. The predicted octanol–water partition coefficient (Wildman–Crippen LogP) is 4.66. The molecule has 0 radical (unpaired) electrons. The van der Waals surface area contributed by atoms with Gasteiger partial charge in [-0.05, 0) is 32.1 Å². The lowest BCUT2D eigenvalue weighted by atomic mass is 10.0. The van der Waals surface area contributed by atoms with Crippen LogP contribution in [0, 0.1) is 0 Å². The highest BCUT2D eigenvalue weighted by molar-refractivity contribution is 4.85. The van der Waals surface area contributed by atoms with E-state index in [0.29, 0.717) is 6.61 Å². The average molecular weight is 691 g/mol. The van der Waals surface area contributed by atoms with E-state index in [4.69, 9.17) is 23.7 Å². The Morgan fingerprint density at radius 1 is 0.542 bits per heavy atom. The summed E-state index contributed by atoms with van der Waals surface area (Å²) in [5, 5.41) is 59.7. The molecule has 0 amide bonds. The van der Waals surface area contributed by atoms with E-state index in [2.05, 4.69) is 19.1 Å². The number of unbranched alkanes of at least 4 members (excludes halogenated alkanes) is 18. The van der Waals surface area contributed by atoms with Gasteiger partial charge in [-0.3, -0.25) is 0 Å². The zero-order valence-corrected chi connectivity index (χ0v) is 29.8. The topological polar surface area (TPSA) is 168 Å². The third kappa shape index (κ3) is 19.1. The van der Waals surface area contributed by atoms with Crippen LogP contribution in [0.15, 0.2) is 12.2 Å².